The van der Waals surface area contributed by atoms with Crippen molar-refractivity contribution in [3.05, 3.63) is 0 Å². The molecule has 1 aliphatic heterocycles. The van der Waals surface area contributed by atoms with Gasteiger partial charge in [0.1, 0.15) is 23.9 Å². The van der Waals surface area contributed by atoms with Crippen LogP contribution in [0.4, 0.5) is 4.79 Å². The lowest BCUT2D eigenvalue weighted by Gasteiger charge is -2.46. The van der Waals surface area contributed by atoms with Crippen LogP contribution in [0.2, 0.25) is 0 Å². The van der Waals surface area contributed by atoms with Gasteiger partial charge in [-0.15, -0.1) is 0 Å². The summed E-state index contributed by atoms with van der Waals surface area (Å²) >= 11 is 0. The first-order valence-electron chi connectivity index (χ1n) is 8.41. The van der Waals surface area contributed by atoms with Crippen LogP contribution >= 0.6 is 0 Å². The molecule has 0 bridgehead atoms. The van der Waals surface area contributed by atoms with Crippen molar-refractivity contribution in [1.29, 1.82) is 0 Å². The van der Waals surface area contributed by atoms with Crippen LogP contribution in [0.5, 0.6) is 0 Å². The zero-order chi connectivity index (χ0) is 20.4. The van der Waals surface area contributed by atoms with Crippen molar-refractivity contribution in [3.63, 3.8) is 0 Å². The average Bonchev–Trinajstić information content (AvgIpc) is 2.51. The molecule has 152 valence electrons. The first kappa shape index (κ1) is 22.7. The smallest absolute Gasteiger partial charge is 0.408 e. The lowest BCUT2D eigenvalue weighted by atomic mass is 9.84. The number of carbonyl (C=O) groups is 2. The molecule has 6 atom stereocenters. The molecular weight excluding hydrogens is 348 g/mol. The van der Waals surface area contributed by atoms with Crippen LogP contribution < -0.4 is 11.1 Å². The number of aliphatic hydroxyl groups is 4. The molecule has 1 saturated heterocycles. The molecule has 1 rings (SSSR count). The Hall–Kier alpha value is -1.30. The van der Waals surface area contributed by atoms with Crippen LogP contribution in [-0.4, -0.2) is 80.7 Å². The second kappa shape index (κ2) is 8.15. The number of alkyl carbamates (subject to hydrolysis) is 1. The number of Topliss-reactive ketones (excluding diaryl/α,β-unsaturated/α-hetero) is 1. The number of nitrogens with one attached hydrogen (secondary N) is 1. The van der Waals surface area contributed by atoms with Crippen molar-refractivity contribution < 1.29 is 39.5 Å². The van der Waals surface area contributed by atoms with Gasteiger partial charge < -0.3 is 41.0 Å². The number of carbonyl (C=O) groups excluding carboxylic acids is 2. The normalized spacial score (nSPS) is 33.7. The number of ether oxygens (including phenoxy) is 2. The largest absolute Gasteiger partial charge is 0.444 e. The molecule has 1 amide bonds. The number of rotatable bonds is 5. The van der Waals surface area contributed by atoms with Crippen molar-refractivity contribution in [1.82, 2.24) is 5.32 Å². The van der Waals surface area contributed by atoms with E-state index in [0.29, 0.717) is 0 Å². The van der Waals surface area contributed by atoms with E-state index in [4.69, 9.17) is 15.2 Å². The van der Waals surface area contributed by atoms with E-state index in [1.54, 1.807) is 34.6 Å². The summed E-state index contributed by atoms with van der Waals surface area (Å²) in [5.74, 6) is -4.21. The zero-order valence-electron chi connectivity index (χ0n) is 15.7. The Bertz CT molecular complexity index is 519. The summed E-state index contributed by atoms with van der Waals surface area (Å²) in [6.45, 7) is 7.42. The van der Waals surface area contributed by atoms with E-state index in [1.165, 1.54) is 0 Å². The van der Waals surface area contributed by atoms with Crippen LogP contribution in [0, 0.1) is 5.92 Å². The van der Waals surface area contributed by atoms with Gasteiger partial charge in [0.15, 0.2) is 0 Å². The maximum absolute atomic E-state index is 12.9. The third-order valence-electron chi connectivity index (χ3n) is 4.04. The molecule has 7 N–H and O–H groups in total. The first-order valence-corrected chi connectivity index (χ1v) is 8.41. The summed E-state index contributed by atoms with van der Waals surface area (Å²) < 4.78 is 10.2. The van der Waals surface area contributed by atoms with Crippen molar-refractivity contribution in [2.24, 2.45) is 11.7 Å². The van der Waals surface area contributed by atoms with Crippen LogP contribution in [0.15, 0.2) is 0 Å². The summed E-state index contributed by atoms with van der Waals surface area (Å²) in [6, 6.07) is -2.93. The average molecular weight is 378 g/mol. The molecule has 1 unspecified atom stereocenters. The summed E-state index contributed by atoms with van der Waals surface area (Å²) in [5.41, 5.74) is 4.90. The van der Waals surface area contributed by atoms with E-state index >= 15 is 0 Å². The van der Waals surface area contributed by atoms with Crippen molar-refractivity contribution >= 4 is 11.9 Å². The number of nitrogens with two attached hydrogens (primary N) is 1. The highest BCUT2D eigenvalue weighted by molar-refractivity contribution is 5.94. The van der Waals surface area contributed by atoms with Gasteiger partial charge in [0.2, 0.25) is 11.6 Å². The molecule has 1 aliphatic rings. The molecule has 0 spiro atoms. The van der Waals surface area contributed by atoms with E-state index < -0.39 is 66.2 Å². The van der Waals surface area contributed by atoms with E-state index in [9.17, 15) is 30.0 Å². The Morgan fingerprint density at radius 1 is 1.27 bits per heavy atom. The minimum absolute atomic E-state index is 0.480. The van der Waals surface area contributed by atoms with E-state index in [-0.39, 0.29) is 0 Å². The lowest BCUT2D eigenvalue weighted by Crippen LogP contribution is -2.73. The van der Waals surface area contributed by atoms with Gasteiger partial charge in [0, 0.05) is 0 Å². The van der Waals surface area contributed by atoms with Gasteiger partial charge in [0.25, 0.3) is 0 Å². The minimum atomic E-state index is -2.71. The third-order valence-corrected chi connectivity index (χ3v) is 4.04. The molecule has 0 saturated carbocycles. The Kier molecular flexibility index (Phi) is 7.13. The third kappa shape index (κ3) is 4.90. The van der Waals surface area contributed by atoms with Gasteiger partial charge in [-0.05, 0) is 26.7 Å². The summed E-state index contributed by atoms with van der Waals surface area (Å²) in [7, 11) is 0. The number of hydrogen-bond donors (Lipinski definition) is 6. The standard InChI is InChI=1S/C16H30N2O8/c1-7(2)9(18-14(23)26-15(3,4)5)13(22)16(24)12(17)11(21)10(20)8(6-19)25-16/h7-12,19-21,24H,6,17H2,1-5H3,(H,18,23)/t8-,9+,10-,11+,12-,16?/m1/s1. The fourth-order valence-corrected chi connectivity index (χ4v) is 2.60. The fraction of sp³-hybridized carbons (Fsp3) is 0.875. The second-order valence-electron chi connectivity index (χ2n) is 7.77. The quantitative estimate of drug-likeness (QED) is 0.324. The highest BCUT2D eigenvalue weighted by Gasteiger charge is 2.57. The molecular formula is C16H30N2O8. The van der Waals surface area contributed by atoms with Crippen molar-refractivity contribution in [3.8, 4) is 0 Å². The molecule has 0 aromatic carbocycles. The van der Waals surface area contributed by atoms with Gasteiger partial charge in [0.05, 0.1) is 18.7 Å². The number of hydrogen-bond acceptors (Lipinski definition) is 9. The molecule has 10 heteroatoms. The number of aliphatic hydroxyl groups excluding tert-OH is 3. The van der Waals surface area contributed by atoms with Crippen LogP contribution in [0.3, 0.4) is 0 Å². The predicted molar refractivity (Wildman–Crippen MR) is 89.9 cm³/mol. The van der Waals surface area contributed by atoms with E-state index in [0.717, 1.165) is 0 Å². The Balaban J connectivity index is 3.08. The first-order chi connectivity index (χ1) is 11.7. The maximum Gasteiger partial charge on any atom is 0.408 e. The summed E-state index contributed by atoms with van der Waals surface area (Å²) in [6.07, 6.45) is -5.60. The van der Waals surface area contributed by atoms with Gasteiger partial charge in [-0.2, -0.15) is 0 Å². The van der Waals surface area contributed by atoms with Crippen molar-refractivity contribution in [2.75, 3.05) is 6.61 Å². The van der Waals surface area contributed by atoms with Gasteiger partial charge >= 0.3 is 6.09 Å². The Morgan fingerprint density at radius 2 is 1.81 bits per heavy atom. The predicted octanol–water partition coefficient (Wildman–Crippen LogP) is -1.77. The molecule has 10 nitrogen and oxygen atoms in total. The second-order valence-corrected chi connectivity index (χ2v) is 7.77. The highest BCUT2D eigenvalue weighted by atomic mass is 16.7. The number of amides is 1. The number of ketones is 1. The fourth-order valence-electron chi connectivity index (χ4n) is 2.60. The van der Waals surface area contributed by atoms with Crippen LogP contribution in [-0.2, 0) is 14.3 Å². The van der Waals surface area contributed by atoms with Gasteiger partial charge in [-0.1, -0.05) is 13.8 Å². The minimum Gasteiger partial charge on any atom is -0.444 e. The van der Waals surface area contributed by atoms with Crippen LogP contribution in [0.1, 0.15) is 34.6 Å². The van der Waals surface area contributed by atoms with Gasteiger partial charge in [-0.3, -0.25) is 4.79 Å². The Morgan fingerprint density at radius 3 is 2.23 bits per heavy atom. The van der Waals surface area contributed by atoms with Crippen LogP contribution in [0.25, 0.3) is 0 Å². The summed E-state index contributed by atoms with van der Waals surface area (Å²) in [5, 5.41) is 42.1. The molecule has 0 aromatic rings. The summed E-state index contributed by atoms with van der Waals surface area (Å²) in [4.78, 5) is 24.9. The lowest BCUT2D eigenvalue weighted by molar-refractivity contribution is -0.298. The molecule has 0 aromatic heterocycles. The van der Waals surface area contributed by atoms with E-state index in [2.05, 4.69) is 5.32 Å². The van der Waals surface area contributed by atoms with Crippen molar-refractivity contribution in [2.45, 2.75) is 76.4 Å². The molecule has 26 heavy (non-hydrogen) atoms. The van der Waals surface area contributed by atoms with E-state index in [1.807, 2.05) is 0 Å². The topological polar surface area (TPSA) is 172 Å². The highest BCUT2D eigenvalue weighted by Crippen LogP contribution is 2.30. The molecule has 1 fully saturated rings. The molecule has 0 radical (unpaired) electrons. The Labute approximate surface area is 152 Å². The SMILES string of the molecule is CC(C)[C@H](NC(=O)OC(C)(C)C)C(=O)C1(O)O[C@H](CO)[C@@H](O)[C@H](O)[C@H]1N. The molecule has 1 heterocycles. The zero-order valence-corrected chi connectivity index (χ0v) is 15.7. The molecule has 0 aliphatic carbocycles. The monoisotopic (exact) mass is 378 g/mol. The maximum atomic E-state index is 12.9. The van der Waals surface area contributed by atoms with Gasteiger partial charge in [-0.25, -0.2) is 4.79 Å².